The zero-order valence-corrected chi connectivity index (χ0v) is 10.7. The molecule has 1 aromatic carbocycles. The maximum atomic E-state index is 10.9. The summed E-state index contributed by atoms with van der Waals surface area (Å²) in [5, 5.41) is 30.3. The molecule has 1 heterocycles. The van der Waals surface area contributed by atoms with Crippen molar-refractivity contribution in [3.05, 3.63) is 57.3 Å². The van der Waals surface area contributed by atoms with Gasteiger partial charge in [-0.05, 0) is 18.6 Å². The fourth-order valence-corrected chi connectivity index (χ4v) is 1.79. The van der Waals surface area contributed by atoms with Crippen molar-refractivity contribution in [1.29, 1.82) is 5.26 Å². The van der Waals surface area contributed by atoms with E-state index in [0.29, 0.717) is 23.5 Å². The lowest BCUT2D eigenvalue weighted by molar-refractivity contribution is -0.385. The maximum Gasteiger partial charge on any atom is 0.272 e. The van der Waals surface area contributed by atoms with Gasteiger partial charge < -0.3 is 5.32 Å². The number of nitriles is 1. The van der Waals surface area contributed by atoms with Crippen LogP contribution in [0.25, 0.3) is 0 Å². The van der Waals surface area contributed by atoms with Crippen LogP contribution in [-0.4, -0.2) is 15.1 Å². The highest BCUT2D eigenvalue weighted by Gasteiger charge is 2.13. The molecule has 2 aromatic rings. The molecule has 0 bridgehead atoms. The van der Waals surface area contributed by atoms with Crippen LogP contribution in [0, 0.1) is 28.4 Å². The fourth-order valence-electron chi connectivity index (χ4n) is 1.79. The van der Waals surface area contributed by atoms with Crippen LogP contribution in [0.15, 0.2) is 30.5 Å². The molecule has 7 heteroatoms. The normalized spacial score (nSPS) is 9.80. The van der Waals surface area contributed by atoms with Crippen molar-refractivity contribution in [3.8, 4) is 6.07 Å². The van der Waals surface area contributed by atoms with Gasteiger partial charge in [-0.25, -0.2) is 0 Å². The molecule has 0 radical (unpaired) electrons. The third-order valence-corrected chi connectivity index (χ3v) is 2.90. The van der Waals surface area contributed by atoms with E-state index in [1.165, 1.54) is 12.3 Å². The Balaban J connectivity index is 2.22. The number of nitrogens with one attached hydrogen (secondary N) is 1. The summed E-state index contributed by atoms with van der Waals surface area (Å²) in [4.78, 5) is 10.5. The molecule has 1 N–H and O–H groups in total. The highest BCUT2D eigenvalue weighted by Crippen LogP contribution is 2.22. The molecule has 0 fully saturated rings. The van der Waals surface area contributed by atoms with Crippen molar-refractivity contribution >= 4 is 11.5 Å². The number of nitro groups is 1. The van der Waals surface area contributed by atoms with Gasteiger partial charge in [-0.1, -0.05) is 12.1 Å². The Morgan fingerprint density at radius 1 is 1.45 bits per heavy atom. The van der Waals surface area contributed by atoms with Gasteiger partial charge in [-0.3, -0.25) is 10.1 Å². The smallest absolute Gasteiger partial charge is 0.272 e. The standard InChI is InChI=1S/C13H11N5O2/c1-9-11(3-2-4-12(9)18(19)20)8-15-13-10(7-14)5-6-16-17-13/h2-6H,8H2,1H3,(H,15,17). The van der Waals surface area contributed by atoms with Crippen molar-refractivity contribution in [2.24, 2.45) is 0 Å². The third kappa shape index (κ3) is 2.70. The Kier molecular flexibility index (Phi) is 3.86. The topological polar surface area (TPSA) is 105 Å². The van der Waals surface area contributed by atoms with Crippen LogP contribution in [0.5, 0.6) is 0 Å². The number of rotatable bonds is 4. The van der Waals surface area contributed by atoms with Gasteiger partial charge in [-0.15, -0.1) is 5.10 Å². The first kappa shape index (κ1) is 13.4. The number of nitro benzene ring substituents is 1. The molecule has 100 valence electrons. The van der Waals surface area contributed by atoms with E-state index in [9.17, 15) is 10.1 Å². The minimum Gasteiger partial charge on any atom is -0.363 e. The first-order valence-corrected chi connectivity index (χ1v) is 5.82. The van der Waals surface area contributed by atoms with Crippen LogP contribution < -0.4 is 5.32 Å². The number of benzene rings is 1. The first-order valence-electron chi connectivity index (χ1n) is 5.82. The number of anilines is 1. The van der Waals surface area contributed by atoms with E-state index in [1.54, 1.807) is 25.1 Å². The number of nitrogens with zero attached hydrogens (tertiary/aromatic N) is 4. The van der Waals surface area contributed by atoms with Gasteiger partial charge >= 0.3 is 0 Å². The van der Waals surface area contributed by atoms with E-state index in [1.807, 2.05) is 6.07 Å². The summed E-state index contributed by atoms with van der Waals surface area (Å²) < 4.78 is 0. The molecule has 0 aliphatic rings. The van der Waals surface area contributed by atoms with Gasteiger partial charge in [0.2, 0.25) is 0 Å². The van der Waals surface area contributed by atoms with Gasteiger partial charge in [0.05, 0.1) is 16.7 Å². The van der Waals surface area contributed by atoms with E-state index < -0.39 is 4.92 Å². The van der Waals surface area contributed by atoms with Crippen LogP contribution in [-0.2, 0) is 6.54 Å². The van der Waals surface area contributed by atoms with Gasteiger partial charge in [0.1, 0.15) is 6.07 Å². The Hall–Kier alpha value is -3.01. The van der Waals surface area contributed by atoms with Crippen LogP contribution >= 0.6 is 0 Å². The van der Waals surface area contributed by atoms with E-state index in [2.05, 4.69) is 15.5 Å². The highest BCUT2D eigenvalue weighted by molar-refractivity contribution is 5.52. The van der Waals surface area contributed by atoms with Crippen molar-refractivity contribution in [2.75, 3.05) is 5.32 Å². The van der Waals surface area contributed by atoms with Crippen molar-refractivity contribution in [1.82, 2.24) is 10.2 Å². The lowest BCUT2D eigenvalue weighted by Gasteiger charge is -2.08. The Morgan fingerprint density at radius 2 is 2.25 bits per heavy atom. The molecular formula is C13H11N5O2. The molecular weight excluding hydrogens is 258 g/mol. The second-order valence-corrected chi connectivity index (χ2v) is 4.08. The summed E-state index contributed by atoms with van der Waals surface area (Å²) in [7, 11) is 0. The number of hydrogen-bond acceptors (Lipinski definition) is 6. The summed E-state index contributed by atoms with van der Waals surface area (Å²) >= 11 is 0. The predicted molar refractivity (Wildman–Crippen MR) is 71.9 cm³/mol. The Labute approximate surface area is 115 Å². The number of hydrogen-bond donors (Lipinski definition) is 1. The molecule has 20 heavy (non-hydrogen) atoms. The van der Waals surface area contributed by atoms with Crippen molar-refractivity contribution in [2.45, 2.75) is 13.5 Å². The lowest BCUT2D eigenvalue weighted by Crippen LogP contribution is -2.06. The quantitative estimate of drug-likeness (QED) is 0.673. The fraction of sp³-hybridized carbons (Fsp3) is 0.154. The first-order chi connectivity index (χ1) is 9.63. The van der Waals surface area contributed by atoms with E-state index in [0.717, 1.165) is 5.56 Å². The van der Waals surface area contributed by atoms with Crippen LogP contribution in [0.2, 0.25) is 0 Å². The molecule has 0 amide bonds. The third-order valence-electron chi connectivity index (χ3n) is 2.90. The lowest BCUT2D eigenvalue weighted by atomic mass is 10.1. The van der Waals surface area contributed by atoms with E-state index in [-0.39, 0.29) is 5.69 Å². The summed E-state index contributed by atoms with van der Waals surface area (Å²) in [5.41, 5.74) is 1.81. The largest absolute Gasteiger partial charge is 0.363 e. The van der Waals surface area contributed by atoms with Crippen LogP contribution in [0.1, 0.15) is 16.7 Å². The molecule has 0 unspecified atom stereocenters. The summed E-state index contributed by atoms with van der Waals surface area (Å²) in [6, 6.07) is 8.43. The Bertz CT molecular complexity index is 693. The van der Waals surface area contributed by atoms with Gasteiger partial charge in [0.25, 0.3) is 5.69 Å². The molecule has 0 saturated carbocycles. The SMILES string of the molecule is Cc1c(CNc2nnccc2C#N)cccc1[N+](=O)[O-]. The summed E-state index contributed by atoms with van der Waals surface area (Å²) in [6.45, 7) is 2.03. The molecule has 0 aliphatic carbocycles. The summed E-state index contributed by atoms with van der Waals surface area (Å²) in [6.07, 6.45) is 1.43. The van der Waals surface area contributed by atoms with Gasteiger partial charge in [-0.2, -0.15) is 10.4 Å². The van der Waals surface area contributed by atoms with E-state index >= 15 is 0 Å². The minimum atomic E-state index is -0.415. The molecule has 0 aliphatic heterocycles. The molecule has 0 atom stereocenters. The second-order valence-electron chi connectivity index (χ2n) is 4.08. The average Bonchev–Trinajstić information content (AvgIpc) is 2.46. The van der Waals surface area contributed by atoms with Crippen LogP contribution in [0.4, 0.5) is 11.5 Å². The molecule has 1 aromatic heterocycles. The maximum absolute atomic E-state index is 10.9. The molecule has 2 rings (SSSR count). The average molecular weight is 269 g/mol. The van der Waals surface area contributed by atoms with Gasteiger partial charge in [0.15, 0.2) is 5.82 Å². The minimum absolute atomic E-state index is 0.0731. The molecule has 0 saturated heterocycles. The Morgan fingerprint density at radius 3 is 2.95 bits per heavy atom. The van der Waals surface area contributed by atoms with E-state index in [4.69, 9.17) is 5.26 Å². The van der Waals surface area contributed by atoms with Crippen molar-refractivity contribution < 1.29 is 4.92 Å². The van der Waals surface area contributed by atoms with Crippen LogP contribution in [0.3, 0.4) is 0 Å². The zero-order valence-electron chi connectivity index (χ0n) is 10.7. The zero-order chi connectivity index (χ0) is 14.5. The monoisotopic (exact) mass is 269 g/mol. The highest BCUT2D eigenvalue weighted by atomic mass is 16.6. The number of aromatic nitrogens is 2. The summed E-state index contributed by atoms with van der Waals surface area (Å²) in [5.74, 6) is 0.362. The molecule has 0 spiro atoms. The van der Waals surface area contributed by atoms with Crippen molar-refractivity contribution in [3.63, 3.8) is 0 Å². The predicted octanol–water partition coefficient (Wildman–Crippen LogP) is 2.18. The molecule has 7 nitrogen and oxygen atoms in total. The van der Waals surface area contributed by atoms with Gasteiger partial charge in [0, 0.05) is 18.2 Å². The second kappa shape index (κ2) is 5.75.